The van der Waals surface area contributed by atoms with Gasteiger partial charge >= 0.3 is 0 Å². The highest BCUT2D eigenvalue weighted by Gasteiger charge is 2.16. The van der Waals surface area contributed by atoms with Crippen LogP contribution in [0, 0.1) is 5.92 Å². The third-order valence-corrected chi connectivity index (χ3v) is 4.07. The molecule has 0 saturated carbocycles. The lowest BCUT2D eigenvalue weighted by atomic mass is 10.1. The molecule has 2 nitrogen and oxygen atoms in total. The molecule has 1 rings (SSSR count). The fourth-order valence-electron chi connectivity index (χ4n) is 1.68. The summed E-state index contributed by atoms with van der Waals surface area (Å²) in [6.07, 6.45) is 4.19. The average molecular weight is 264 g/mol. The summed E-state index contributed by atoms with van der Waals surface area (Å²) >= 11 is 3.51. The van der Waals surface area contributed by atoms with E-state index < -0.39 is 0 Å². The fraction of sp³-hybridized carbons (Fsp3) is 1.00. The van der Waals surface area contributed by atoms with Crippen molar-refractivity contribution in [3.63, 3.8) is 0 Å². The Morgan fingerprint density at radius 1 is 1.50 bits per heavy atom. The van der Waals surface area contributed by atoms with E-state index in [1.54, 1.807) is 0 Å². The third kappa shape index (κ3) is 4.28. The molecule has 0 amide bonds. The van der Waals surface area contributed by atoms with Crippen molar-refractivity contribution in [1.82, 2.24) is 5.32 Å². The Morgan fingerprint density at radius 2 is 2.29 bits per heavy atom. The van der Waals surface area contributed by atoms with E-state index in [-0.39, 0.29) is 0 Å². The van der Waals surface area contributed by atoms with Gasteiger partial charge in [-0.2, -0.15) is 0 Å². The first-order valence-electron chi connectivity index (χ1n) is 5.65. The molecule has 0 bridgehead atoms. The maximum absolute atomic E-state index is 5.57. The van der Waals surface area contributed by atoms with E-state index in [0.717, 1.165) is 18.5 Å². The molecular weight excluding hydrogens is 242 g/mol. The molecule has 0 spiro atoms. The minimum atomic E-state index is 0.522. The second-order valence-corrected chi connectivity index (χ2v) is 4.95. The molecule has 1 heterocycles. The maximum Gasteiger partial charge on any atom is 0.0588 e. The minimum Gasteiger partial charge on any atom is -0.378 e. The van der Waals surface area contributed by atoms with Gasteiger partial charge in [0.25, 0.3) is 0 Å². The van der Waals surface area contributed by atoms with Crippen molar-refractivity contribution in [2.75, 3.05) is 18.5 Å². The normalized spacial score (nSPS) is 26.4. The van der Waals surface area contributed by atoms with Gasteiger partial charge in [-0.25, -0.2) is 0 Å². The van der Waals surface area contributed by atoms with Gasteiger partial charge in [0.15, 0.2) is 0 Å². The summed E-state index contributed by atoms with van der Waals surface area (Å²) in [4.78, 5) is 0. The fourth-order valence-corrected chi connectivity index (χ4v) is 2.24. The van der Waals surface area contributed by atoms with Crippen LogP contribution in [0.1, 0.15) is 33.1 Å². The first kappa shape index (κ1) is 12.5. The van der Waals surface area contributed by atoms with E-state index in [2.05, 4.69) is 35.1 Å². The minimum absolute atomic E-state index is 0.522. The van der Waals surface area contributed by atoms with Crippen LogP contribution >= 0.6 is 15.9 Å². The lowest BCUT2D eigenvalue weighted by Gasteiger charge is -2.20. The highest BCUT2D eigenvalue weighted by molar-refractivity contribution is 9.09. The lowest BCUT2D eigenvalue weighted by molar-refractivity contribution is 0.103. The average Bonchev–Trinajstić information content (AvgIpc) is 2.69. The number of alkyl halides is 1. The topological polar surface area (TPSA) is 21.3 Å². The highest BCUT2D eigenvalue weighted by Crippen LogP contribution is 2.14. The zero-order valence-corrected chi connectivity index (χ0v) is 10.8. The predicted octanol–water partition coefficient (Wildman–Crippen LogP) is 2.56. The number of nitrogens with one attached hydrogen (secondary N) is 1. The summed E-state index contributed by atoms with van der Waals surface area (Å²) in [5.41, 5.74) is 0. The van der Waals surface area contributed by atoms with Gasteiger partial charge in [-0.05, 0) is 38.6 Å². The van der Waals surface area contributed by atoms with Crippen molar-refractivity contribution in [3.8, 4) is 0 Å². The molecule has 0 radical (unpaired) electrons. The summed E-state index contributed by atoms with van der Waals surface area (Å²) < 4.78 is 5.57. The SMILES string of the molecule is CC(CBr)C(C)NCCC1CCCO1. The molecule has 3 heteroatoms. The van der Waals surface area contributed by atoms with Crippen LogP contribution in [0.4, 0.5) is 0 Å². The van der Waals surface area contributed by atoms with Crippen LogP contribution < -0.4 is 5.32 Å². The largest absolute Gasteiger partial charge is 0.378 e. The molecule has 84 valence electrons. The lowest BCUT2D eigenvalue weighted by Crippen LogP contribution is -2.34. The second-order valence-electron chi connectivity index (χ2n) is 4.30. The van der Waals surface area contributed by atoms with Crippen LogP contribution in [0.5, 0.6) is 0 Å². The van der Waals surface area contributed by atoms with Crippen LogP contribution in [-0.4, -0.2) is 30.6 Å². The van der Waals surface area contributed by atoms with Crippen molar-refractivity contribution in [1.29, 1.82) is 0 Å². The molecule has 1 aliphatic rings. The molecule has 1 fully saturated rings. The second kappa shape index (κ2) is 6.81. The Balaban J connectivity index is 2.02. The van der Waals surface area contributed by atoms with Crippen molar-refractivity contribution in [3.05, 3.63) is 0 Å². The molecule has 1 N–H and O–H groups in total. The molecular formula is C11H22BrNO. The molecule has 0 aromatic heterocycles. The van der Waals surface area contributed by atoms with E-state index in [4.69, 9.17) is 4.74 Å². The number of hydrogen-bond donors (Lipinski definition) is 1. The summed E-state index contributed by atoms with van der Waals surface area (Å²) in [5, 5.41) is 4.62. The number of ether oxygens (including phenoxy) is 1. The molecule has 3 atom stereocenters. The summed E-state index contributed by atoms with van der Waals surface area (Å²) in [6, 6.07) is 0.593. The van der Waals surface area contributed by atoms with Crippen molar-refractivity contribution >= 4 is 15.9 Å². The zero-order chi connectivity index (χ0) is 10.4. The van der Waals surface area contributed by atoms with Gasteiger partial charge in [-0.1, -0.05) is 22.9 Å². The Bertz CT molecular complexity index is 148. The number of rotatable bonds is 6. The van der Waals surface area contributed by atoms with E-state index >= 15 is 0 Å². The van der Waals surface area contributed by atoms with E-state index in [0.29, 0.717) is 18.1 Å². The third-order valence-electron chi connectivity index (χ3n) is 3.05. The first-order chi connectivity index (χ1) is 6.74. The molecule has 14 heavy (non-hydrogen) atoms. The molecule has 1 saturated heterocycles. The molecule has 3 unspecified atom stereocenters. The predicted molar refractivity (Wildman–Crippen MR) is 64.0 cm³/mol. The highest BCUT2D eigenvalue weighted by atomic mass is 79.9. The monoisotopic (exact) mass is 263 g/mol. The van der Waals surface area contributed by atoms with Crippen LogP contribution in [0.3, 0.4) is 0 Å². The van der Waals surface area contributed by atoms with Gasteiger partial charge in [0.05, 0.1) is 6.10 Å². The van der Waals surface area contributed by atoms with Gasteiger partial charge in [0.2, 0.25) is 0 Å². The molecule has 0 aromatic carbocycles. The van der Waals surface area contributed by atoms with Crippen molar-refractivity contribution < 1.29 is 4.74 Å². The van der Waals surface area contributed by atoms with Gasteiger partial charge in [-0.15, -0.1) is 0 Å². The summed E-state index contributed by atoms with van der Waals surface area (Å²) in [7, 11) is 0. The van der Waals surface area contributed by atoms with Gasteiger partial charge < -0.3 is 10.1 Å². The zero-order valence-electron chi connectivity index (χ0n) is 9.26. The van der Waals surface area contributed by atoms with Gasteiger partial charge in [0.1, 0.15) is 0 Å². The smallest absolute Gasteiger partial charge is 0.0588 e. The van der Waals surface area contributed by atoms with Gasteiger partial charge in [-0.3, -0.25) is 0 Å². The van der Waals surface area contributed by atoms with Crippen molar-refractivity contribution in [2.24, 2.45) is 5.92 Å². The summed E-state index contributed by atoms with van der Waals surface area (Å²) in [5.74, 6) is 0.694. The first-order valence-corrected chi connectivity index (χ1v) is 6.77. The van der Waals surface area contributed by atoms with E-state index in [1.807, 2.05) is 0 Å². The number of hydrogen-bond acceptors (Lipinski definition) is 2. The van der Waals surface area contributed by atoms with Crippen LogP contribution in [0.2, 0.25) is 0 Å². The maximum atomic E-state index is 5.57. The Kier molecular flexibility index (Phi) is 6.06. The van der Waals surface area contributed by atoms with Crippen LogP contribution in [-0.2, 0) is 4.74 Å². The quantitative estimate of drug-likeness (QED) is 0.744. The van der Waals surface area contributed by atoms with Crippen molar-refractivity contribution in [2.45, 2.75) is 45.3 Å². The number of halogens is 1. The van der Waals surface area contributed by atoms with Crippen LogP contribution in [0.15, 0.2) is 0 Å². The van der Waals surface area contributed by atoms with Crippen LogP contribution in [0.25, 0.3) is 0 Å². The Labute approximate surface area is 95.9 Å². The van der Waals surface area contributed by atoms with E-state index in [9.17, 15) is 0 Å². The summed E-state index contributed by atoms with van der Waals surface area (Å²) in [6.45, 7) is 6.57. The van der Waals surface area contributed by atoms with Gasteiger partial charge in [0, 0.05) is 18.0 Å². The Morgan fingerprint density at radius 3 is 2.86 bits per heavy atom. The Hall–Kier alpha value is 0.400. The molecule has 0 aliphatic carbocycles. The molecule has 0 aromatic rings. The molecule has 1 aliphatic heterocycles. The standard InChI is InChI=1S/C11H22BrNO/c1-9(8-12)10(2)13-6-5-11-4-3-7-14-11/h9-11,13H,3-8H2,1-2H3. The van der Waals surface area contributed by atoms with E-state index in [1.165, 1.54) is 19.3 Å².